The summed E-state index contributed by atoms with van der Waals surface area (Å²) in [7, 11) is 0. The Balaban J connectivity index is 2.12. The number of ether oxygens (including phenoxy) is 2. The quantitative estimate of drug-likeness (QED) is 0.643. The molecule has 2 rings (SSSR count). The summed E-state index contributed by atoms with van der Waals surface area (Å²) < 4.78 is 11.4. The fourth-order valence-electron chi connectivity index (χ4n) is 2.51. The Kier molecular flexibility index (Phi) is 5.38. The van der Waals surface area contributed by atoms with E-state index in [9.17, 15) is 10.1 Å². The zero-order chi connectivity index (χ0) is 15.2. The molecule has 0 aromatic heterocycles. The van der Waals surface area contributed by atoms with Gasteiger partial charge in [-0.15, -0.1) is 0 Å². The van der Waals surface area contributed by atoms with Crippen molar-refractivity contribution in [2.24, 2.45) is 5.73 Å². The van der Waals surface area contributed by atoms with Crippen LogP contribution in [-0.4, -0.2) is 23.7 Å². The second-order valence-corrected chi connectivity index (χ2v) is 5.43. The largest absolute Gasteiger partial charge is 0.493 e. The van der Waals surface area contributed by atoms with Crippen molar-refractivity contribution in [2.75, 3.05) is 6.61 Å². The van der Waals surface area contributed by atoms with Gasteiger partial charge in [-0.05, 0) is 32.1 Å². The van der Waals surface area contributed by atoms with Gasteiger partial charge in [-0.25, -0.2) is 0 Å². The molecule has 0 bridgehead atoms. The van der Waals surface area contributed by atoms with Gasteiger partial charge in [0.25, 0.3) is 5.69 Å². The predicted molar refractivity (Wildman–Crippen MR) is 79.7 cm³/mol. The highest BCUT2D eigenvalue weighted by molar-refractivity contribution is 5.46. The fraction of sp³-hybridized carbons (Fsp3) is 0.600. The van der Waals surface area contributed by atoms with Gasteiger partial charge in [-0.3, -0.25) is 10.1 Å². The average Bonchev–Trinajstić information content (AvgIpc) is 2.45. The summed E-state index contributed by atoms with van der Waals surface area (Å²) in [6.07, 6.45) is 4.63. The molecule has 1 aromatic rings. The molecule has 1 fully saturated rings. The zero-order valence-corrected chi connectivity index (χ0v) is 12.3. The zero-order valence-electron chi connectivity index (χ0n) is 12.3. The second kappa shape index (κ2) is 7.26. The Bertz CT molecular complexity index is 493. The normalized spacial score (nSPS) is 21.8. The number of benzene rings is 1. The molecule has 1 saturated carbocycles. The molecular weight excluding hydrogens is 272 g/mol. The van der Waals surface area contributed by atoms with Crippen molar-refractivity contribution in [3.05, 3.63) is 28.3 Å². The van der Waals surface area contributed by atoms with Gasteiger partial charge in [0.2, 0.25) is 0 Å². The highest BCUT2D eigenvalue weighted by Gasteiger charge is 2.22. The third-order valence-corrected chi connectivity index (χ3v) is 3.52. The van der Waals surface area contributed by atoms with Crippen LogP contribution in [0.4, 0.5) is 5.69 Å². The monoisotopic (exact) mass is 294 g/mol. The molecule has 1 aliphatic rings. The van der Waals surface area contributed by atoms with Crippen LogP contribution < -0.4 is 15.2 Å². The summed E-state index contributed by atoms with van der Waals surface area (Å²) in [4.78, 5) is 10.6. The first-order valence-corrected chi connectivity index (χ1v) is 7.43. The van der Waals surface area contributed by atoms with Crippen LogP contribution in [0.5, 0.6) is 11.5 Å². The summed E-state index contributed by atoms with van der Waals surface area (Å²) in [5.74, 6) is 0.954. The van der Waals surface area contributed by atoms with E-state index >= 15 is 0 Å². The van der Waals surface area contributed by atoms with Crippen molar-refractivity contribution in [1.29, 1.82) is 0 Å². The van der Waals surface area contributed by atoms with E-state index in [0.717, 1.165) is 32.1 Å². The number of nitrogens with zero attached hydrogens (tertiary/aromatic N) is 1. The fourth-order valence-corrected chi connectivity index (χ4v) is 2.51. The van der Waals surface area contributed by atoms with Crippen LogP contribution in [0.2, 0.25) is 0 Å². The number of rotatable bonds is 6. The summed E-state index contributed by atoms with van der Waals surface area (Å²) in [6.45, 7) is 2.51. The molecule has 6 heteroatoms. The molecule has 0 saturated heterocycles. The maximum atomic E-state index is 11.0. The van der Waals surface area contributed by atoms with Crippen molar-refractivity contribution < 1.29 is 14.4 Å². The van der Waals surface area contributed by atoms with Crippen molar-refractivity contribution in [2.45, 2.75) is 51.2 Å². The summed E-state index contributed by atoms with van der Waals surface area (Å²) in [5.41, 5.74) is 5.92. The molecule has 0 aliphatic heterocycles. The second-order valence-electron chi connectivity index (χ2n) is 5.43. The molecule has 116 valence electrons. The van der Waals surface area contributed by atoms with Crippen molar-refractivity contribution in [1.82, 2.24) is 0 Å². The average molecular weight is 294 g/mol. The molecule has 0 amide bonds. The number of hydrogen-bond acceptors (Lipinski definition) is 5. The highest BCUT2D eigenvalue weighted by atomic mass is 16.6. The lowest BCUT2D eigenvalue weighted by molar-refractivity contribution is -0.385. The standard InChI is InChI=1S/C15H22N2O4/c1-2-6-20-14-8-12(17(18)19)9-15(10-14)21-13-5-3-4-11(16)7-13/h8-11,13H,2-7,16H2,1H3. The van der Waals surface area contributed by atoms with Gasteiger partial charge in [-0.1, -0.05) is 6.92 Å². The molecule has 2 unspecified atom stereocenters. The molecule has 0 radical (unpaired) electrons. The van der Waals surface area contributed by atoms with Gasteiger partial charge >= 0.3 is 0 Å². The molecule has 1 aliphatic carbocycles. The lowest BCUT2D eigenvalue weighted by atomic mass is 9.93. The van der Waals surface area contributed by atoms with Crippen LogP contribution in [0, 0.1) is 10.1 Å². The molecule has 21 heavy (non-hydrogen) atoms. The van der Waals surface area contributed by atoms with E-state index in [4.69, 9.17) is 15.2 Å². The third kappa shape index (κ3) is 4.60. The van der Waals surface area contributed by atoms with Gasteiger partial charge < -0.3 is 15.2 Å². The minimum Gasteiger partial charge on any atom is -0.493 e. The van der Waals surface area contributed by atoms with E-state index in [1.165, 1.54) is 12.1 Å². The Labute approximate surface area is 124 Å². The minimum atomic E-state index is -0.432. The Morgan fingerprint density at radius 2 is 2.10 bits per heavy atom. The highest BCUT2D eigenvalue weighted by Crippen LogP contribution is 2.30. The van der Waals surface area contributed by atoms with Crippen LogP contribution in [0.15, 0.2) is 18.2 Å². The topological polar surface area (TPSA) is 87.6 Å². The van der Waals surface area contributed by atoms with Crippen molar-refractivity contribution in [3.8, 4) is 11.5 Å². The first-order chi connectivity index (χ1) is 10.1. The smallest absolute Gasteiger partial charge is 0.276 e. The van der Waals surface area contributed by atoms with Crippen LogP contribution in [0.1, 0.15) is 39.0 Å². The Hall–Kier alpha value is -1.82. The molecular formula is C15H22N2O4. The lowest BCUT2D eigenvalue weighted by Gasteiger charge is -2.27. The maximum absolute atomic E-state index is 11.0. The molecule has 2 N–H and O–H groups in total. The Morgan fingerprint density at radius 3 is 2.76 bits per heavy atom. The number of nitrogens with two attached hydrogens (primary N) is 1. The van der Waals surface area contributed by atoms with Crippen molar-refractivity contribution >= 4 is 5.69 Å². The van der Waals surface area contributed by atoms with Crippen LogP contribution in [0.3, 0.4) is 0 Å². The summed E-state index contributed by atoms with van der Waals surface area (Å²) >= 11 is 0. The van der Waals surface area contributed by atoms with E-state index in [1.807, 2.05) is 6.92 Å². The number of nitro groups is 1. The first-order valence-electron chi connectivity index (χ1n) is 7.43. The van der Waals surface area contributed by atoms with Gasteiger partial charge in [-0.2, -0.15) is 0 Å². The molecule has 2 atom stereocenters. The van der Waals surface area contributed by atoms with Crippen molar-refractivity contribution in [3.63, 3.8) is 0 Å². The van der Waals surface area contributed by atoms with E-state index in [-0.39, 0.29) is 17.8 Å². The third-order valence-electron chi connectivity index (χ3n) is 3.52. The van der Waals surface area contributed by atoms with Crippen LogP contribution in [0.25, 0.3) is 0 Å². The summed E-state index contributed by atoms with van der Waals surface area (Å²) in [5, 5.41) is 11.0. The van der Waals surface area contributed by atoms with Crippen LogP contribution in [-0.2, 0) is 0 Å². The number of non-ortho nitro benzene ring substituents is 1. The minimum absolute atomic E-state index is 0.0151. The van der Waals surface area contributed by atoms with E-state index in [0.29, 0.717) is 18.1 Å². The van der Waals surface area contributed by atoms with Crippen LogP contribution >= 0.6 is 0 Å². The number of hydrogen-bond donors (Lipinski definition) is 1. The maximum Gasteiger partial charge on any atom is 0.276 e. The van der Waals surface area contributed by atoms with Gasteiger partial charge in [0, 0.05) is 12.1 Å². The van der Waals surface area contributed by atoms with E-state index in [2.05, 4.69) is 0 Å². The first kappa shape index (κ1) is 15.6. The SMILES string of the molecule is CCCOc1cc(OC2CCCC(N)C2)cc([N+](=O)[O-])c1. The molecule has 0 heterocycles. The molecule has 1 aromatic carbocycles. The predicted octanol–water partition coefficient (Wildman–Crippen LogP) is 3.03. The molecule has 6 nitrogen and oxygen atoms in total. The van der Waals surface area contributed by atoms with E-state index < -0.39 is 4.92 Å². The van der Waals surface area contributed by atoms with Gasteiger partial charge in [0.1, 0.15) is 17.6 Å². The Morgan fingerprint density at radius 1 is 1.33 bits per heavy atom. The summed E-state index contributed by atoms with van der Waals surface area (Å²) in [6, 6.07) is 4.73. The lowest BCUT2D eigenvalue weighted by Crippen LogP contribution is -2.33. The number of nitro benzene ring substituents is 1. The molecule has 0 spiro atoms. The van der Waals surface area contributed by atoms with E-state index in [1.54, 1.807) is 6.07 Å². The van der Waals surface area contributed by atoms with Gasteiger partial charge in [0.15, 0.2) is 0 Å². The van der Waals surface area contributed by atoms with Gasteiger partial charge in [0.05, 0.1) is 23.7 Å².